The van der Waals surface area contributed by atoms with Gasteiger partial charge in [0.1, 0.15) is 0 Å². The van der Waals surface area contributed by atoms with Crippen LogP contribution >= 0.6 is 0 Å². The largest absolute Gasteiger partial charge is 0.324 e. The Morgan fingerprint density at radius 3 is 2.57 bits per heavy atom. The average molecular weight is 305 g/mol. The van der Waals surface area contributed by atoms with Crippen LogP contribution in [0.5, 0.6) is 0 Å². The standard InChI is InChI=1S/C19H19N3O/c1-15(16-8-3-2-4-9-16)14-19(23)21-17-10-5-6-11-18(17)22-13-7-12-20-22/h2-13,15H,14H2,1H3,(H,21,23)/t15-/m0/s1. The van der Waals surface area contributed by atoms with Crippen molar-refractivity contribution in [1.29, 1.82) is 0 Å². The number of hydrogen-bond acceptors (Lipinski definition) is 2. The van der Waals surface area contributed by atoms with Gasteiger partial charge in [-0.15, -0.1) is 0 Å². The van der Waals surface area contributed by atoms with Crippen LogP contribution in [0.1, 0.15) is 24.8 Å². The molecule has 1 atom stereocenters. The maximum Gasteiger partial charge on any atom is 0.225 e. The zero-order valence-corrected chi connectivity index (χ0v) is 13.0. The van der Waals surface area contributed by atoms with Crippen LogP contribution in [-0.2, 0) is 4.79 Å². The van der Waals surface area contributed by atoms with Gasteiger partial charge in [-0.1, -0.05) is 49.4 Å². The zero-order chi connectivity index (χ0) is 16.1. The van der Waals surface area contributed by atoms with E-state index < -0.39 is 0 Å². The van der Waals surface area contributed by atoms with Crippen molar-refractivity contribution in [3.8, 4) is 5.69 Å². The third-order valence-electron chi connectivity index (χ3n) is 3.79. The molecule has 1 aromatic heterocycles. The summed E-state index contributed by atoms with van der Waals surface area (Å²) < 4.78 is 1.75. The number of anilines is 1. The SMILES string of the molecule is C[C@@H](CC(=O)Nc1ccccc1-n1cccn1)c1ccccc1. The minimum absolute atomic E-state index is 0.000888. The second-order valence-electron chi connectivity index (χ2n) is 5.53. The molecule has 0 radical (unpaired) electrons. The molecule has 0 fully saturated rings. The molecule has 3 aromatic rings. The lowest BCUT2D eigenvalue weighted by Gasteiger charge is -2.14. The van der Waals surface area contributed by atoms with Crippen LogP contribution in [0.25, 0.3) is 5.69 Å². The third-order valence-corrected chi connectivity index (χ3v) is 3.79. The van der Waals surface area contributed by atoms with E-state index in [0.29, 0.717) is 6.42 Å². The van der Waals surface area contributed by atoms with Gasteiger partial charge in [0, 0.05) is 18.8 Å². The Morgan fingerprint density at radius 2 is 1.83 bits per heavy atom. The van der Waals surface area contributed by atoms with Crippen LogP contribution in [0.4, 0.5) is 5.69 Å². The molecule has 0 saturated carbocycles. The molecule has 1 heterocycles. The second kappa shape index (κ2) is 6.92. The van der Waals surface area contributed by atoms with E-state index in [2.05, 4.69) is 29.5 Å². The summed E-state index contributed by atoms with van der Waals surface area (Å²) in [6, 6.07) is 19.6. The van der Waals surface area contributed by atoms with Crippen molar-refractivity contribution in [2.45, 2.75) is 19.3 Å². The summed E-state index contributed by atoms with van der Waals surface area (Å²) in [4.78, 5) is 12.4. The summed E-state index contributed by atoms with van der Waals surface area (Å²) in [5.74, 6) is 0.175. The van der Waals surface area contributed by atoms with Gasteiger partial charge in [0.25, 0.3) is 0 Å². The summed E-state index contributed by atoms with van der Waals surface area (Å²) >= 11 is 0. The molecule has 4 heteroatoms. The van der Waals surface area contributed by atoms with Gasteiger partial charge >= 0.3 is 0 Å². The molecule has 0 saturated heterocycles. The zero-order valence-electron chi connectivity index (χ0n) is 13.0. The summed E-state index contributed by atoms with van der Waals surface area (Å²) in [5, 5.41) is 7.23. The molecule has 2 aromatic carbocycles. The molecule has 4 nitrogen and oxygen atoms in total. The van der Waals surface area contributed by atoms with Crippen molar-refractivity contribution in [2.75, 3.05) is 5.32 Å². The van der Waals surface area contributed by atoms with Gasteiger partial charge in [0.2, 0.25) is 5.91 Å². The fourth-order valence-corrected chi connectivity index (χ4v) is 2.57. The van der Waals surface area contributed by atoms with Crippen molar-refractivity contribution in [1.82, 2.24) is 9.78 Å². The fourth-order valence-electron chi connectivity index (χ4n) is 2.57. The predicted molar refractivity (Wildman–Crippen MR) is 91.7 cm³/mol. The lowest BCUT2D eigenvalue weighted by Crippen LogP contribution is -2.16. The molecule has 116 valence electrons. The minimum atomic E-state index is 0.000888. The van der Waals surface area contributed by atoms with Gasteiger partial charge in [0.05, 0.1) is 11.4 Å². The first-order chi connectivity index (χ1) is 11.2. The second-order valence-corrected chi connectivity index (χ2v) is 5.53. The Hall–Kier alpha value is -2.88. The van der Waals surface area contributed by atoms with Crippen LogP contribution < -0.4 is 5.32 Å². The first-order valence-corrected chi connectivity index (χ1v) is 7.68. The molecular formula is C19H19N3O. The maximum atomic E-state index is 12.4. The number of amides is 1. The van der Waals surface area contributed by atoms with E-state index in [9.17, 15) is 4.79 Å². The maximum absolute atomic E-state index is 12.4. The molecule has 0 aliphatic rings. The Balaban J connectivity index is 1.72. The number of nitrogens with zero attached hydrogens (tertiary/aromatic N) is 2. The average Bonchev–Trinajstić information content (AvgIpc) is 3.10. The molecular weight excluding hydrogens is 286 g/mol. The predicted octanol–water partition coefficient (Wildman–Crippen LogP) is 4.00. The molecule has 3 rings (SSSR count). The topological polar surface area (TPSA) is 46.9 Å². The molecule has 1 N–H and O–H groups in total. The number of carbonyl (C=O) groups is 1. The summed E-state index contributed by atoms with van der Waals surface area (Å²) in [7, 11) is 0. The van der Waals surface area contributed by atoms with Gasteiger partial charge in [-0.25, -0.2) is 4.68 Å². The first-order valence-electron chi connectivity index (χ1n) is 7.68. The minimum Gasteiger partial charge on any atom is -0.324 e. The summed E-state index contributed by atoms with van der Waals surface area (Å²) in [6.07, 6.45) is 4.02. The van der Waals surface area contributed by atoms with E-state index in [1.165, 1.54) is 5.56 Å². The van der Waals surface area contributed by atoms with Crippen molar-refractivity contribution in [2.24, 2.45) is 0 Å². The lowest BCUT2D eigenvalue weighted by molar-refractivity contribution is -0.116. The molecule has 1 amide bonds. The lowest BCUT2D eigenvalue weighted by atomic mass is 9.97. The molecule has 0 bridgehead atoms. The van der Waals surface area contributed by atoms with E-state index in [4.69, 9.17) is 0 Å². The van der Waals surface area contributed by atoms with Gasteiger partial charge in [-0.3, -0.25) is 4.79 Å². The number of rotatable bonds is 5. The summed E-state index contributed by atoms with van der Waals surface area (Å²) in [5.41, 5.74) is 2.79. The third kappa shape index (κ3) is 3.66. The van der Waals surface area contributed by atoms with Crippen LogP contribution in [0.2, 0.25) is 0 Å². The van der Waals surface area contributed by atoms with Gasteiger partial charge in [-0.05, 0) is 29.7 Å². The van der Waals surface area contributed by atoms with E-state index in [0.717, 1.165) is 11.4 Å². The Morgan fingerprint density at radius 1 is 1.09 bits per heavy atom. The highest BCUT2D eigenvalue weighted by Gasteiger charge is 2.13. The number of hydrogen-bond donors (Lipinski definition) is 1. The van der Waals surface area contributed by atoms with E-state index in [1.54, 1.807) is 10.9 Å². The molecule has 0 unspecified atom stereocenters. The quantitative estimate of drug-likeness (QED) is 0.774. The number of nitrogens with one attached hydrogen (secondary N) is 1. The highest BCUT2D eigenvalue weighted by molar-refractivity contribution is 5.93. The molecule has 0 spiro atoms. The Labute approximate surface area is 135 Å². The number of carbonyl (C=O) groups excluding carboxylic acids is 1. The number of para-hydroxylation sites is 2. The highest BCUT2D eigenvalue weighted by atomic mass is 16.1. The van der Waals surface area contributed by atoms with Crippen LogP contribution in [-0.4, -0.2) is 15.7 Å². The van der Waals surface area contributed by atoms with Crippen molar-refractivity contribution in [3.05, 3.63) is 78.6 Å². The van der Waals surface area contributed by atoms with Crippen molar-refractivity contribution >= 4 is 11.6 Å². The Bertz CT molecular complexity index is 766. The van der Waals surface area contributed by atoms with Crippen molar-refractivity contribution < 1.29 is 4.79 Å². The molecule has 23 heavy (non-hydrogen) atoms. The van der Waals surface area contributed by atoms with Gasteiger partial charge in [-0.2, -0.15) is 5.10 Å². The normalized spacial score (nSPS) is 11.9. The van der Waals surface area contributed by atoms with Crippen LogP contribution in [0.3, 0.4) is 0 Å². The highest BCUT2D eigenvalue weighted by Crippen LogP contribution is 2.22. The van der Waals surface area contributed by atoms with Gasteiger partial charge in [0.15, 0.2) is 0 Å². The van der Waals surface area contributed by atoms with E-state index in [1.807, 2.05) is 54.7 Å². The monoisotopic (exact) mass is 305 g/mol. The van der Waals surface area contributed by atoms with E-state index in [-0.39, 0.29) is 11.8 Å². The number of aromatic nitrogens is 2. The number of benzene rings is 2. The summed E-state index contributed by atoms with van der Waals surface area (Å²) in [6.45, 7) is 2.06. The van der Waals surface area contributed by atoms with Crippen molar-refractivity contribution in [3.63, 3.8) is 0 Å². The van der Waals surface area contributed by atoms with Gasteiger partial charge < -0.3 is 5.32 Å². The molecule has 0 aliphatic heterocycles. The molecule has 0 aliphatic carbocycles. The van der Waals surface area contributed by atoms with Crippen LogP contribution in [0.15, 0.2) is 73.1 Å². The fraction of sp³-hybridized carbons (Fsp3) is 0.158. The first kappa shape index (κ1) is 15.0. The smallest absolute Gasteiger partial charge is 0.225 e. The van der Waals surface area contributed by atoms with Crippen LogP contribution in [0, 0.1) is 0 Å². The Kier molecular flexibility index (Phi) is 4.52. The van der Waals surface area contributed by atoms with E-state index >= 15 is 0 Å².